The van der Waals surface area contributed by atoms with Gasteiger partial charge in [-0.3, -0.25) is 0 Å². The number of benzene rings is 3. The van der Waals surface area contributed by atoms with Crippen molar-refractivity contribution in [2.24, 2.45) is 0 Å². The highest BCUT2D eigenvalue weighted by molar-refractivity contribution is 5.84. The van der Waals surface area contributed by atoms with Crippen LogP contribution < -0.4 is 5.32 Å². The van der Waals surface area contributed by atoms with Gasteiger partial charge >= 0.3 is 6.09 Å². The van der Waals surface area contributed by atoms with Gasteiger partial charge in [-0.2, -0.15) is 0 Å². The number of carbonyl (C=O) groups excluding carboxylic acids is 2. The Bertz CT molecular complexity index is 1210. The summed E-state index contributed by atoms with van der Waals surface area (Å²) in [6.45, 7) is 0.221. The van der Waals surface area contributed by atoms with Gasteiger partial charge in [0.1, 0.15) is 12.9 Å². The second-order valence-corrected chi connectivity index (χ2v) is 7.78. The van der Waals surface area contributed by atoms with Crippen LogP contribution in [0, 0.1) is 0 Å². The molecule has 0 saturated heterocycles. The van der Waals surface area contributed by atoms with E-state index < -0.39 is 12.1 Å². The van der Waals surface area contributed by atoms with E-state index in [-0.39, 0.29) is 12.5 Å². The summed E-state index contributed by atoms with van der Waals surface area (Å²) in [4.78, 5) is 27.3. The SMILES string of the molecule is O=CC(Cc1c[nH]c2ccccc12)NC(=O)OCC1c2ccccc2-c2ccccc21. The molecule has 1 aromatic heterocycles. The highest BCUT2D eigenvalue weighted by Crippen LogP contribution is 2.44. The molecule has 2 N–H and O–H groups in total. The Balaban J connectivity index is 1.26. The fourth-order valence-corrected chi connectivity index (χ4v) is 4.46. The van der Waals surface area contributed by atoms with Crippen molar-refractivity contribution in [2.75, 3.05) is 6.61 Å². The number of ether oxygens (including phenoxy) is 1. The van der Waals surface area contributed by atoms with Gasteiger partial charge in [-0.15, -0.1) is 0 Å². The summed E-state index contributed by atoms with van der Waals surface area (Å²) in [6, 6.07) is 23.6. The second kappa shape index (κ2) is 8.11. The molecule has 0 fully saturated rings. The molecule has 1 aliphatic rings. The molecule has 0 spiro atoms. The summed E-state index contributed by atoms with van der Waals surface area (Å²) in [6.07, 6.45) is 2.44. The van der Waals surface area contributed by atoms with E-state index in [2.05, 4.69) is 34.6 Å². The van der Waals surface area contributed by atoms with E-state index >= 15 is 0 Å². The maximum atomic E-state index is 12.5. The van der Waals surface area contributed by atoms with Crippen LogP contribution >= 0.6 is 0 Å². The Morgan fingerprint density at radius 3 is 2.32 bits per heavy atom. The first-order valence-electron chi connectivity index (χ1n) is 10.4. The van der Waals surface area contributed by atoms with E-state index in [1.807, 2.05) is 54.7 Å². The zero-order valence-electron chi connectivity index (χ0n) is 16.9. The molecule has 1 aliphatic carbocycles. The van der Waals surface area contributed by atoms with E-state index in [0.717, 1.165) is 33.9 Å². The van der Waals surface area contributed by atoms with Crippen molar-refractivity contribution in [3.8, 4) is 11.1 Å². The number of rotatable bonds is 6. The largest absolute Gasteiger partial charge is 0.449 e. The van der Waals surface area contributed by atoms with Gasteiger partial charge in [0, 0.05) is 29.4 Å². The third-order valence-electron chi connectivity index (χ3n) is 5.93. The Labute approximate surface area is 180 Å². The molecule has 0 aliphatic heterocycles. The Kier molecular flexibility index (Phi) is 5.00. The number of H-pyrrole nitrogens is 1. The molecule has 31 heavy (non-hydrogen) atoms. The van der Waals surface area contributed by atoms with E-state index in [1.165, 1.54) is 11.1 Å². The predicted octanol–water partition coefficient (Wildman–Crippen LogP) is 4.82. The molecule has 5 rings (SSSR count). The number of alkyl carbamates (subject to hydrolysis) is 1. The zero-order valence-corrected chi connectivity index (χ0v) is 16.9. The Morgan fingerprint density at radius 1 is 0.968 bits per heavy atom. The van der Waals surface area contributed by atoms with E-state index in [0.29, 0.717) is 6.42 Å². The maximum absolute atomic E-state index is 12.5. The second-order valence-electron chi connectivity index (χ2n) is 7.78. The van der Waals surface area contributed by atoms with Gasteiger partial charge in [0.2, 0.25) is 0 Å². The number of amides is 1. The van der Waals surface area contributed by atoms with Crippen molar-refractivity contribution < 1.29 is 14.3 Å². The average molecular weight is 410 g/mol. The fourth-order valence-electron chi connectivity index (χ4n) is 4.46. The van der Waals surface area contributed by atoms with Gasteiger partial charge < -0.3 is 19.8 Å². The van der Waals surface area contributed by atoms with Crippen molar-refractivity contribution in [3.05, 3.63) is 95.7 Å². The van der Waals surface area contributed by atoms with Crippen LogP contribution in [0.25, 0.3) is 22.0 Å². The van der Waals surface area contributed by atoms with Crippen LogP contribution in [0.4, 0.5) is 4.79 Å². The summed E-state index contributed by atoms with van der Waals surface area (Å²) in [5, 5.41) is 3.74. The van der Waals surface area contributed by atoms with Gasteiger partial charge in [-0.1, -0.05) is 66.7 Å². The predicted molar refractivity (Wildman–Crippen MR) is 120 cm³/mol. The molecule has 1 atom stereocenters. The number of fused-ring (bicyclic) bond motifs is 4. The summed E-state index contributed by atoms with van der Waals surface area (Å²) in [5.74, 6) is -0.0125. The van der Waals surface area contributed by atoms with Crippen molar-refractivity contribution in [3.63, 3.8) is 0 Å². The van der Waals surface area contributed by atoms with Crippen molar-refractivity contribution in [2.45, 2.75) is 18.4 Å². The Morgan fingerprint density at radius 2 is 1.61 bits per heavy atom. The number of nitrogens with one attached hydrogen (secondary N) is 2. The highest BCUT2D eigenvalue weighted by atomic mass is 16.5. The van der Waals surface area contributed by atoms with E-state index in [9.17, 15) is 9.59 Å². The molecule has 0 saturated carbocycles. The minimum Gasteiger partial charge on any atom is -0.449 e. The quantitative estimate of drug-likeness (QED) is 0.448. The molecule has 0 bridgehead atoms. The smallest absolute Gasteiger partial charge is 0.407 e. The third-order valence-corrected chi connectivity index (χ3v) is 5.93. The lowest BCUT2D eigenvalue weighted by molar-refractivity contribution is -0.109. The molecule has 1 amide bonds. The monoisotopic (exact) mass is 410 g/mol. The van der Waals surface area contributed by atoms with Gasteiger partial charge in [0.05, 0.1) is 6.04 Å². The zero-order chi connectivity index (χ0) is 21.2. The van der Waals surface area contributed by atoms with Crippen LogP contribution in [-0.4, -0.2) is 30.0 Å². The average Bonchev–Trinajstić information content (AvgIpc) is 3.36. The first-order chi connectivity index (χ1) is 15.2. The van der Waals surface area contributed by atoms with Crippen LogP contribution in [0.1, 0.15) is 22.6 Å². The third kappa shape index (κ3) is 3.59. The summed E-state index contributed by atoms with van der Waals surface area (Å²) < 4.78 is 5.56. The topological polar surface area (TPSA) is 71.2 Å². The van der Waals surface area contributed by atoms with Gasteiger partial charge in [0.25, 0.3) is 0 Å². The normalized spacial score (nSPS) is 13.4. The summed E-state index contributed by atoms with van der Waals surface area (Å²) >= 11 is 0. The number of aromatic nitrogens is 1. The molecule has 1 unspecified atom stereocenters. The molecule has 5 heteroatoms. The molecular weight excluding hydrogens is 388 g/mol. The van der Waals surface area contributed by atoms with Crippen LogP contribution in [0.15, 0.2) is 79.0 Å². The van der Waals surface area contributed by atoms with Crippen molar-refractivity contribution >= 4 is 23.3 Å². The van der Waals surface area contributed by atoms with Crippen LogP contribution in [0.5, 0.6) is 0 Å². The lowest BCUT2D eigenvalue weighted by Crippen LogP contribution is -2.38. The number of hydrogen-bond acceptors (Lipinski definition) is 3. The maximum Gasteiger partial charge on any atom is 0.407 e. The lowest BCUT2D eigenvalue weighted by Gasteiger charge is -2.16. The summed E-state index contributed by atoms with van der Waals surface area (Å²) in [7, 11) is 0. The minimum atomic E-state index is -0.658. The van der Waals surface area contributed by atoms with E-state index in [4.69, 9.17) is 4.74 Å². The van der Waals surface area contributed by atoms with Crippen molar-refractivity contribution in [1.29, 1.82) is 0 Å². The number of para-hydroxylation sites is 1. The molecule has 5 nitrogen and oxygen atoms in total. The molecule has 154 valence electrons. The van der Waals surface area contributed by atoms with E-state index in [1.54, 1.807) is 0 Å². The molecular formula is C26H22N2O3. The molecule has 4 aromatic rings. The fraction of sp³-hybridized carbons (Fsp3) is 0.154. The molecule has 1 heterocycles. The minimum absolute atomic E-state index is 0.0125. The van der Waals surface area contributed by atoms with Gasteiger partial charge in [-0.05, 0) is 33.9 Å². The number of aldehydes is 1. The van der Waals surface area contributed by atoms with Gasteiger partial charge in [-0.25, -0.2) is 4.79 Å². The van der Waals surface area contributed by atoms with Crippen LogP contribution in [0.3, 0.4) is 0 Å². The van der Waals surface area contributed by atoms with Crippen LogP contribution in [0.2, 0.25) is 0 Å². The number of carbonyl (C=O) groups is 2. The number of hydrogen-bond donors (Lipinski definition) is 2. The first-order valence-corrected chi connectivity index (χ1v) is 10.4. The molecule has 0 radical (unpaired) electrons. The summed E-state index contributed by atoms with van der Waals surface area (Å²) in [5.41, 5.74) is 6.65. The first kappa shape index (κ1) is 19.1. The molecule has 3 aromatic carbocycles. The Hall–Kier alpha value is -3.86. The lowest BCUT2D eigenvalue weighted by atomic mass is 9.98. The van der Waals surface area contributed by atoms with Crippen molar-refractivity contribution in [1.82, 2.24) is 10.3 Å². The highest BCUT2D eigenvalue weighted by Gasteiger charge is 2.29. The van der Waals surface area contributed by atoms with Crippen LogP contribution in [-0.2, 0) is 16.0 Å². The number of aromatic amines is 1. The standard InChI is InChI=1S/C26H22N2O3/c29-15-18(13-17-14-27-25-12-6-5-7-19(17)25)28-26(30)31-16-24-22-10-3-1-8-20(22)21-9-2-4-11-23(21)24/h1-12,14-15,18,24,27H,13,16H2,(H,28,30). The van der Waals surface area contributed by atoms with Gasteiger partial charge in [0.15, 0.2) is 0 Å².